The zero-order valence-corrected chi connectivity index (χ0v) is 14.5. The highest BCUT2D eigenvalue weighted by Crippen LogP contribution is 2.33. The molecule has 0 bridgehead atoms. The molecule has 1 aliphatic rings. The first kappa shape index (κ1) is 17.4. The summed E-state index contributed by atoms with van der Waals surface area (Å²) in [5, 5.41) is 20.3. The third kappa shape index (κ3) is 3.80. The predicted octanol–water partition coefficient (Wildman–Crippen LogP) is 1.04. The second-order valence-electron chi connectivity index (χ2n) is 6.28. The molecule has 2 N–H and O–H groups in total. The summed E-state index contributed by atoms with van der Waals surface area (Å²) >= 11 is 0. The van der Waals surface area contributed by atoms with Crippen LogP contribution in [0.2, 0.25) is 0 Å². The van der Waals surface area contributed by atoms with Crippen molar-refractivity contribution < 1.29 is 13.3 Å². The van der Waals surface area contributed by atoms with Crippen molar-refractivity contribution in [3.63, 3.8) is 0 Å². The van der Waals surface area contributed by atoms with Gasteiger partial charge in [0.25, 0.3) is 5.69 Å². The van der Waals surface area contributed by atoms with Gasteiger partial charge in [0.05, 0.1) is 16.8 Å². The zero-order chi connectivity index (χ0) is 18.2. The number of nitro benzene ring substituents is 1. The minimum absolute atomic E-state index is 0.205. The Morgan fingerprint density at radius 3 is 2.80 bits per heavy atom. The number of sulfonamides is 1. The number of anilines is 1. The van der Waals surface area contributed by atoms with Crippen molar-refractivity contribution in [2.45, 2.75) is 17.7 Å². The third-order valence-corrected chi connectivity index (χ3v) is 5.31. The molecule has 9 nitrogen and oxygen atoms in total. The number of hydrogen-bond donors (Lipinski definition) is 1. The van der Waals surface area contributed by atoms with Gasteiger partial charge in [-0.3, -0.25) is 14.8 Å². The van der Waals surface area contributed by atoms with E-state index >= 15 is 0 Å². The highest BCUT2D eigenvalue weighted by atomic mass is 32.2. The summed E-state index contributed by atoms with van der Waals surface area (Å²) in [5.41, 5.74) is 1.25. The first-order valence-electron chi connectivity index (χ1n) is 7.78. The molecule has 2 heterocycles. The maximum Gasteiger partial charge on any atom is 0.270 e. The Morgan fingerprint density at radius 2 is 2.20 bits per heavy atom. The van der Waals surface area contributed by atoms with Gasteiger partial charge in [-0.1, -0.05) is 0 Å². The second-order valence-corrected chi connectivity index (χ2v) is 7.81. The summed E-state index contributed by atoms with van der Waals surface area (Å²) < 4.78 is 25.5. The van der Waals surface area contributed by atoms with Gasteiger partial charge in [0, 0.05) is 38.5 Å². The van der Waals surface area contributed by atoms with Crippen LogP contribution in [0.3, 0.4) is 0 Å². The van der Waals surface area contributed by atoms with E-state index in [1.165, 1.54) is 12.1 Å². The van der Waals surface area contributed by atoms with E-state index in [9.17, 15) is 18.5 Å². The van der Waals surface area contributed by atoms with Gasteiger partial charge in [0.1, 0.15) is 4.90 Å². The van der Waals surface area contributed by atoms with Crippen LogP contribution in [0, 0.1) is 16.0 Å². The number of aryl methyl sites for hydroxylation is 1. The maximum atomic E-state index is 11.9. The molecule has 2 aromatic rings. The molecular formula is C15H19N5O4S. The highest BCUT2D eigenvalue weighted by Gasteiger charge is 2.28. The van der Waals surface area contributed by atoms with Crippen molar-refractivity contribution in [2.75, 3.05) is 18.0 Å². The van der Waals surface area contributed by atoms with E-state index in [0.717, 1.165) is 24.5 Å². The molecule has 1 aromatic heterocycles. The predicted molar refractivity (Wildman–Crippen MR) is 91.7 cm³/mol. The molecule has 1 unspecified atom stereocenters. The standard InChI is InChI=1S/C15H19N5O4S/c1-18-9-12(8-17-18)6-11-4-5-19(10-11)14-3-2-13(20(21)22)7-15(14)25(16,23)24/h2-3,7-9,11H,4-6,10H2,1H3,(H2,16,23,24). The molecule has 3 rings (SSSR count). The van der Waals surface area contributed by atoms with Crippen LogP contribution in [0.1, 0.15) is 12.0 Å². The van der Waals surface area contributed by atoms with Crippen molar-refractivity contribution >= 4 is 21.4 Å². The van der Waals surface area contributed by atoms with Gasteiger partial charge >= 0.3 is 0 Å². The van der Waals surface area contributed by atoms with Crippen molar-refractivity contribution in [2.24, 2.45) is 18.1 Å². The first-order chi connectivity index (χ1) is 11.7. The number of nitrogens with zero attached hydrogens (tertiary/aromatic N) is 4. The van der Waals surface area contributed by atoms with E-state index in [1.54, 1.807) is 4.68 Å². The Hall–Kier alpha value is -2.46. The molecule has 1 atom stereocenters. The van der Waals surface area contributed by atoms with Gasteiger partial charge in [-0.05, 0) is 30.4 Å². The smallest absolute Gasteiger partial charge is 0.270 e. The summed E-state index contributed by atoms with van der Waals surface area (Å²) in [6.45, 7) is 1.33. The second kappa shape index (κ2) is 6.45. The van der Waals surface area contributed by atoms with Gasteiger partial charge in [-0.15, -0.1) is 0 Å². The lowest BCUT2D eigenvalue weighted by Crippen LogP contribution is -2.24. The zero-order valence-electron chi connectivity index (χ0n) is 13.7. The quantitative estimate of drug-likeness (QED) is 0.623. The Balaban J connectivity index is 1.83. The number of aromatic nitrogens is 2. The molecule has 0 amide bonds. The average Bonchev–Trinajstić information content (AvgIpc) is 3.15. The Labute approximate surface area is 145 Å². The largest absolute Gasteiger partial charge is 0.370 e. The third-order valence-electron chi connectivity index (χ3n) is 4.37. The van der Waals surface area contributed by atoms with E-state index in [0.29, 0.717) is 24.7 Å². The number of primary sulfonamides is 1. The summed E-state index contributed by atoms with van der Waals surface area (Å²) in [6, 6.07) is 3.79. The summed E-state index contributed by atoms with van der Waals surface area (Å²) in [7, 11) is -2.20. The van der Waals surface area contributed by atoms with Crippen molar-refractivity contribution in [1.82, 2.24) is 9.78 Å². The molecule has 25 heavy (non-hydrogen) atoms. The molecule has 0 aliphatic carbocycles. The number of benzene rings is 1. The van der Waals surface area contributed by atoms with Crippen LogP contribution in [0.25, 0.3) is 0 Å². The lowest BCUT2D eigenvalue weighted by molar-refractivity contribution is -0.385. The molecule has 0 spiro atoms. The molecule has 1 fully saturated rings. The van der Waals surface area contributed by atoms with Gasteiger partial charge < -0.3 is 4.90 Å². The molecule has 134 valence electrons. The molecule has 1 aromatic carbocycles. The molecule has 0 saturated carbocycles. The van der Waals surface area contributed by atoms with E-state index in [4.69, 9.17) is 5.14 Å². The minimum Gasteiger partial charge on any atom is -0.370 e. The van der Waals surface area contributed by atoms with Crippen LogP contribution in [-0.2, 0) is 23.5 Å². The molecule has 1 saturated heterocycles. The van der Waals surface area contributed by atoms with Gasteiger partial charge in [-0.25, -0.2) is 13.6 Å². The molecular weight excluding hydrogens is 346 g/mol. The first-order valence-corrected chi connectivity index (χ1v) is 9.32. The van der Waals surface area contributed by atoms with E-state index in [-0.39, 0.29) is 10.6 Å². The van der Waals surface area contributed by atoms with E-state index < -0.39 is 14.9 Å². The van der Waals surface area contributed by atoms with Crippen molar-refractivity contribution in [1.29, 1.82) is 0 Å². The monoisotopic (exact) mass is 365 g/mol. The fourth-order valence-corrected chi connectivity index (χ4v) is 4.01. The maximum absolute atomic E-state index is 11.9. The van der Waals surface area contributed by atoms with Crippen LogP contribution < -0.4 is 10.0 Å². The number of nitro groups is 1. The molecule has 1 aliphatic heterocycles. The van der Waals surface area contributed by atoms with E-state index in [1.807, 2.05) is 24.3 Å². The van der Waals surface area contributed by atoms with Gasteiger partial charge in [-0.2, -0.15) is 5.10 Å². The van der Waals surface area contributed by atoms with Crippen LogP contribution in [0.5, 0.6) is 0 Å². The fourth-order valence-electron chi connectivity index (χ4n) is 3.23. The molecule has 10 heteroatoms. The van der Waals surface area contributed by atoms with Crippen LogP contribution in [0.15, 0.2) is 35.5 Å². The summed E-state index contributed by atoms with van der Waals surface area (Å²) in [4.78, 5) is 12.0. The number of nitrogens with two attached hydrogens (primary N) is 1. The Kier molecular flexibility index (Phi) is 4.48. The van der Waals surface area contributed by atoms with Crippen LogP contribution >= 0.6 is 0 Å². The number of rotatable bonds is 5. The highest BCUT2D eigenvalue weighted by molar-refractivity contribution is 7.89. The lowest BCUT2D eigenvalue weighted by Gasteiger charge is -2.21. The lowest BCUT2D eigenvalue weighted by atomic mass is 10.0. The Morgan fingerprint density at radius 1 is 1.44 bits per heavy atom. The minimum atomic E-state index is -4.06. The van der Waals surface area contributed by atoms with Crippen LogP contribution in [-0.4, -0.2) is 36.2 Å². The van der Waals surface area contributed by atoms with Crippen molar-refractivity contribution in [3.8, 4) is 0 Å². The van der Waals surface area contributed by atoms with Crippen LogP contribution in [0.4, 0.5) is 11.4 Å². The average molecular weight is 365 g/mol. The van der Waals surface area contributed by atoms with Gasteiger partial charge in [0.15, 0.2) is 0 Å². The Bertz CT molecular complexity index is 908. The molecule has 0 radical (unpaired) electrons. The van der Waals surface area contributed by atoms with E-state index in [2.05, 4.69) is 5.10 Å². The number of non-ortho nitro benzene ring substituents is 1. The normalized spacial score (nSPS) is 17.8. The summed E-state index contributed by atoms with van der Waals surface area (Å²) in [5.74, 6) is 0.354. The number of hydrogen-bond acceptors (Lipinski definition) is 6. The summed E-state index contributed by atoms with van der Waals surface area (Å²) in [6.07, 6.45) is 5.53. The SMILES string of the molecule is Cn1cc(CC2CCN(c3ccc([N+](=O)[O-])cc3S(N)(=O)=O)C2)cn1. The fraction of sp³-hybridized carbons (Fsp3) is 0.400. The topological polar surface area (TPSA) is 124 Å². The van der Waals surface area contributed by atoms with Gasteiger partial charge in [0.2, 0.25) is 10.0 Å². The van der Waals surface area contributed by atoms with Crippen molar-refractivity contribution in [3.05, 3.63) is 46.3 Å².